The Hall–Kier alpha value is -2.94. The summed E-state index contributed by atoms with van der Waals surface area (Å²) in [7, 11) is 1.56. The van der Waals surface area contributed by atoms with Gasteiger partial charge in [-0.25, -0.2) is 13.8 Å². The van der Waals surface area contributed by atoms with Crippen LogP contribution < -0.4 is 9.64 Å². The molecule has 0 spiro atoms. The van der Waals surface area contributed by atoms with E-state index < -0.39 is 11.8 Å². The number of rotatable bonds is 10. The van der Waals surface area contributed by atoms with E-state index in [1.54, 1.807) is 29.5 Å². The highest BCUT2D eigenvalue weighted by Crippen LogP contribution is 2.44. The third-order valence-electron chi connectivity index (χ3n) is 5.98. The zero-order chi connectivity index (χ0) is 24.1. The zero-order valence-corrected chi connectivity index (χ0v) is 20.2. The molecule has 34 heavy (non-hydrogen) atoms. The van der Waals surface area contributed by atoms with Crippen LogP contribution >= 0.6 is 11.3 Å². The molecule has 1 aliphatic rings. The molecule has 4 rings (SSSR count). The number of aromatic nitrogens is 3. The summed E-state index contributed by atoms with van der Waals surface area (Å²) in [6.07, 6.45) is 4.40. The van der Waals surface area contributed by atoms with Crippen LogP contribution in [0.4, 0.5) is 14.5 Å². The van der Waals surface area contributed by atoms with Gasteiger partial charge in [0.15, 0.2) is 0 Å². The molecular weight excluding hydrogens is 458 g/mol. The summed E-state index contributed by atoms with van der Waals surface area (Å²) in [4.78, 5) is 19.0. The number of nitrogens with zero attached hydrogens (tertiary/aromatic N) is 4. The lowest BCUT2D eigenvalue weighted by molar-refractivity contribution is -0.147. The van der Waals surface area contributed by atoms with Crippen LogP contribution in [-0.2, 0) is 11.2 Å². The van der Waals surface area contributed by atoms with Crippen LogP contribution in [0.2, 0.25) is 0 Å². The predicted molar refractivity (Wildman–Crippen MR) is 128 cm³/mol. The number of halogens is 2. The minimum Gasteiger partial charge on any atom is -0.481 e. The molecule has 6 nitrogen and oxygen atoms in total. The number of hydrogen-bond donors (Lipinski definition) is 0. The quantitative estimate of drug-likeness (QED) is 0.344. The summed E-state index contributed by atoms with van der Waals surface area (Å²) < 4.78 is 32.2. The van der Waals surface area contributed by atoms with Gasteiger partial charge in [-0.1, -0.05) is 18.6 Å². The lowest BCUT2D eigenvalue weighted by Gasteiger charge is -2.37. The second kappa shape index (κ2) is 10.5. The van der Waals surface area contributed by atoms with E-state index in [4.69, 9.17) is 4.74 Å². The van der Waals surface area contributed by atoms with Gasteiger partial charge < -0.3 is 9.64 Å². The minimum atomic E-state index is -2.73. The number of alkyl halides is 2. The first-order chi connectivity index (χ1) is 16.3. The Morgan fingerprint density at radius 3 is 2.65 bits per heavy atom. The van der Waals surface area contributed by atoms with Gasteiger partial charge in [-0.2, -0.15) is 0 Å². The third kappa shape index (κ3) is 5.94. The average Bonchev–Trinajstić information content (AvgIpc) is 3.24. The van der Waals surface area contributed by atoms with Crippen LogP contribution in [0.5, 0.6) is 5.88 Å². The van der Waals surface area contributed by atoms with Gasteiger partial charge in [0.1, 0.15) is 10.0 Å². The van der Waals surface area contributed by atoms with Crippen molar-refractivity contribution in [2.24, 2.45) is 5.92 Å². The van der Waals surface area contributed by atoms with E-state index in [1.807, 2.05) is 43.3 Å². The normalized spacial score (nSPS) is 15.1. The SMILES string of the molecule is COc1cc(-c2cccc(N(CCCCCc3nnc(C)s3)C(=O)C3CC(F)(F)C3)c2)ccn1. The summed E-state index contributed by atoms with van der Waals surface area (Å²) in [6, 6.07) is 11.3. The molecule has 1 amide bonds. The van der Waals surface area contributed by atoms with Crippen molar-refractivity contribution >= 4 is 22.9 Å². The van der Waals surface area contributed by atoms with E-state index in [0.29, 0.717) is 18.1 Å². The van der Waals surface area contributed by atoms with Crippen molar-refractivity contribution in [2.75, 3.05) is 18.6 Å². The van der Waals surface area contributed by atoms with Crippen LogP contribution in [0.15, 0.2) is 42.6 Å². The van der Waals surface area contributed by atoms with Crippen LogP contribution in [0.25, 0.3) is 11.1 Å². The van der Waals surface area contributed by atoms with Crippen molar-refractivity contribution in [3.05, 3.63) is 52.6 Å². The van der Waals surface area contributed by atoms with Crippen LogP contribution in [0.1, 0.15) is 42.1 Å². The predicted octanol–water partition coefficient (Wildman–Crippen LogP) is 5.71. The number of carbonyl (C=O) groups is 1. The first-order valence-electron chi connectivity index (χ1n) is 11.4. The van der Waals surface area contributed by atoms with E-state index in [1.165, 1.54) is 0 Å². The number of anilines is 1. The molecule has 1 aliphatic carbocycles. The highest BCUT2D eigenvalue weighted by Gasteiger charge is 2.49. The summed E-state index contributed by atoms with van der Waals surface area (Å²) in [5, 5.41) is 10.2. The highest BCUT2D eigenvalue weighted by atomic mass is 32.1. The summed E-state index contributed by atoms with van der Waals surface area (Å²) in [5.41, 5.74) is 2.53. The van der Waals surface area contributed by atoms with Gasteiger partial charge >= 0.3 is 0 Å². The fourth-order valence-electron chi connectivity index (χ4n) is 4.14. The first kappa shape index (κ1) is 24.2. The Morgan fingerprint density at radius 2 is 1.94 bits per heavy atom. The Labute approximate surface area is 202 Å². The minimum absolute atomic E-state index is 0.227. The maximum Gasteiger partial charge on any atom is 0.249 e. The number of unbranched alkanes of at least 4 members (excludes halogenated alkanes) is 2. The van der Waals surface area contributed by atoms with E-state index in [0.717, 1.165) is 46.8 Å². The second-order valence-electron chi connectivity index (χ2n) is 8.61. The van der Waals surface area contributed by atoms with Crippen LogP contribution in [-0.4, -0.2) is 40.7 Å². The Bertz CT molecular complexity index is 1130. The fourth-order valence-corrected chi connectivity index (χ4v) is 4.89. The molecule has 180 valence electrons. The smallest absolute Gasteiger partial charge is 0.249 e. The van der Waals surface area contributed by atoms with Crippen molar-refractivity contribution < 1.29 is 18.3 Å². The van der Waals surface area contributed by atoms with E-state index in [-0.39, 0.29) is 18.7 Å². The van der Waals surface area contributed by atoms with Gasteiger partial charge in [0.25, 0.3) is 0 Å². The molecule has 2 aromatic heterocycles. The number of hydrogen-bond acceptors (Lipinski definition) is 6. The van der Waals surface area contributed by atoms with Gasteiger partial charge in [-0.05, 0) is 49.1 Å². The fraction of sp³-hybridized carbons (Fsp3) is 0.440. The van der Waals surface area contributed by atoms with Crippen molar-refractivity contribution in [3.63, 3.8) is 0 Å². The number of aryl methyl sites for hydroxylation is 2. The zero-order valence-electron chi connectivity index (χ0n) is 19.3. The summed E-state index contributed by atoms with van der Waals surface area (Å²) >= 11 is 1.60. The molecule has 0 aliphatic heterocycles. The second-order valence-corrected chi connectivity index (χ2v) is 9.88. The summed E-state index contributed by atoms with van der Waals surface area (Å²) in [6.45, 7) is 2.42. The molecule has 1 saturated carbocycles. The average molecular weight is 487 g/mol. The Balaban J connectivity index is 1.46. The number of ether oxygens (including phenoxy) is 1. The lowest BCUT2D eigenvalue weighted by Crippen LogP contribution is -2.47. The van der Waals surface area contributed by atoms with Crippen molar-refractivity contribution in [1.29, 1.82) is 0 Å². The monoisotopic (exact) mass is 486 g/mol. The van der Waals surface area contributed by atoms with Gasteiger partial charge in [-0.15, -0.1) is 21.5 Å². The largest absolute Gasteiger partial charge is 0.481 e. The lowest BCUT2D eigenvalue weighted by atomic mass is 9.80. The molecule has 0 N–H and O–H groups in total. The number of amides is 1. The van der Waals surface area contributed by atoms with Crippen molar-refractivity contribution in [1.82, 2.24) is 15.2 Å². The van der Waals surface area contributed by atoms with Gasteiger partial charge in [0.05, 0.1) is 7.11 Å². The number of methoxy groups -OCH3 is 1. The Kier molecular flexibility index (Phi) is 7.50. The Morgan fingerprint density at radius 1 is 1.15 bits per heavy atom. The van der Waals surface area contributed by atoms with Crippen LogP contribution in [0, 0.1) is 12.8 Å². The highest BCUT2D eigenvalue weighted by molar-refractivity contribution is 7.11. The van der Waals surface area contributed by atoms with Crippen LogP contribution in [0.3, 0.4) is 0 Å². The number of carbonyl (C=O) groups excluding carboxylic acids is 1. The van der Waals surface area contributed by atoms with E-state index in [2.05, 4.69) is 15.2 Å². The maximum absolute atomic E-state index is 13.5. The molecule has 1 aromatic carbocycles. The molecule has 0 radical (unpaired) electrons. The van der Waals surface area contributed by atoms with Gasteiger partial charge in [-0.3, -0.25) is 4.79 Å². The molecular formula is C25H28F2N4O2S. The molecule has 0 unspecified atom stereocenters. The third-order valence-corrected chi connectivity index (χ3v) is 6.88. The molecule has 0 bridgehead atoms. The number of benzene rings is 1. The van der Waals surface area contributed by atoms with E-state index in [9.17, 15) is 13.6 Å². The molecule has 9 heteroatoms. The number of pyridine rings is 1. The van der Waals surface area contributed by atoms with Crippen molar-refractivity contribution in [3.8, 4) is 17.0 Å². The molecule has 0 saturated heterocycles. The molecule has 3 aromatic rings. The maximum atomic E-state index is 13.5. The molecule has 0 atom stereocenters. The molecule has 1 fully saturated rings. The summed E-state index contributed by atoms with van der Waals surface area (Å²) in [5.74, 6) is -3.10. The first-order valence-corrected chi connectivity index (χ1v) is 12.2. The van der Waals surface area contributed by atoms with E-state index >= 15 is 0 Å². The van der Waals surface area contributed by atoms with Gasteiger partial charge in [0.2, 0.25) is 17.7 Å². The van der Waals surface area contributed by atoms with Crippen molar-refractivity contribution in [2.45, 2.75) is 51.4 Å². The van der Waals surface area contributed by atoms with Gasteiger partial charge in [0, 0.05) is 49.7 Å². The molecule has 2 heterocycles. The topological polar surface area (TPSA) is 68.2 Å². The standard InChI is InChI=1S/C25H28F2N4O2S/c1-17-29-30-23(34-17)9-4-3-5-12-31(24(32)20-15-25(26,27)16-20)21-8-6-7-18(13-21)19-10-11-28-22(14-19)33-2/h6-8,10-11,13-14,20H,3-5,9,12,15-16H2,1-2H3.